The van der Waals surface area contributed by atoms with Gasteiger partial charge in [0.05, 0.1) is 10.5 Å². The number of rotatable bonds is 5. The maximum atomic E-state index is 12.7. The first-order valence-electron chi connectivity index (χ1n) is 9.60. The minimum absolute atomic E-state index is 0.112. The van der Waals surface area contributed by atoms with E-state index in [9.17, 15) is 22.8 Å². The highest BCUT2D eigenvalue weighted by Crippen LogP contribution is 2.23. The number of hydrogen-bond donors (Lipinski definition) is 1. The van der Waals surface area contributed by atoms with Crippen LogP contribution in [0.3, 0.4) is 0 Å². The summed E-state index contributed by atoms with van der Waals surface area (Å²) in [5.41, 5.74) is 0.127. The molecule has 1 aromatic rings. The van der Waals surface area contributed by atoms with Gasteiger partial charge in [0, 0.05) is 26.2 Å². The highest BCUT2D eigenvalue weighted by Gasteiger charge is 2.32. The van der Waals surface area contributed by atoms with Crippen molar-refractivity contribution in [1.29, 1.82) is 0 Å². The lowest BCUT2D eigenvalue weighted by Crippen LogP contribution is -2.41. The number of nitrogens with one attached hydrogen (secondary N) is 1. The van der Waals surface area contributed by atoms with E-state index in [0.717, 1.165) is 17.7 Å². The largest absolute Gasteiger partial charge is 0.449 e. The molecule has 9 nitrogen and oxygen atoms in total. The van der Waals surface area contributed by atoms with Gasteiger partial charge in [-0.3, -0.25) is 9.69 Å². The number of hydrogen-bond acceptors (Lipinski definition) is 6. The Bertz CT molecular complexity index is 891. The molecule has 1 unspecified atom stereocenters. The molecule has 10 heteroatoms. The Morgan fingerprint density at radius 3 is 2.31 bits per heavy atom. The first-order chi connectivity index (χ1) is 13.7. The predicted octanol–water partition coefficient (Wildman–Crippen LogP) is 1.20. The zero-order chi connectivity index (χ0) is 21.2. The second-order valence-corrected chi connectivity index (χ2v) is 9.32. The lowest BCUT2D eigenvalue weighted by molar-refractivity contribution is -0.136. The number of amides is 3. The summed E-state index contributed by atoms with van der Waals surface area (Å²) < 4.78 is 32.1. The van der Waals surface area contributed by atoms with Crippen molar-refractivity contribution >= 4 is 27.9 Å². The number of piperidine rings is 1. The molecule has 1 atom stereocenters. The molecule has 3 amide bonds. The highest BCUT2D eigenvalue weighted by molar-refractivity contribution is 7.89. The topological polar surface area (TPSA) is 113 Å². The third-order valence-corrected chi connectivity index (χ3v) is 7.14. The molecule has 0 bridgehead atoms. The van der Waals surface area contributed by atoms with Crippen molar-refractivity contribution in [1.82, 2.24) is 14.5 Å². The van der Waals surface area contributed by atoms with Gasteiger partial charge in [0.15, 0.2) is 6.10 Å². The maximum absolute atomic E-state index is 12.7. The smallest absolute Gasteiger partial charge is 0.338 e. The SMILES string of the molecule is CC1CCN(S(=O)(=O)c2ccc(C(=O)OC(C)C(=O)N3CCNC3=O)cc2)CC1. The van der Waals surface area contributed by atoms with E-state index >= 15 is 0 Å². The van der Waals surface area contributed by atoms with Gasteiger partial charge in [-0.25, -0.2) is 18.0 Å². The van der Waals surface area contributed by atoms with E-state index in [2.05, 4.69) is 12.2 Å². The van der Waals surface area contributed by atoms with Crippen molar-refractivity contribution in [2.45, 2.75) is 37.7 Å². The monoisotopic (exact) mass is 423 g/mol. The summed E-state index contributed by atoms with van der Waals surface area (Å²) in [4.78, 5) is 37.2. The Kier molecular flexibility index (Phi) is 6.23. The summed E-state index contributed by atoms with van der Waals surface area (Å²) in [5.74, 6) is -0.858. The summed E-state index contributed by atoms with van der Waals surface area (Å²) in [7, 11) is -3.61. The number of sulfonamides is 1. The van der Waals surface area contributed by atoms with Crippen LogP contribution >= 0.6 is 0 Å². The van der Waals surface area contributed by atoms with Crippen molar-refractivity contribution < 1.29 is 27.5 Å². The average Bonchev–Trinajstić information content (AvgIpc) is 3.13. The standard InChI is InChI=1S/C19H25N3O6S/c1-13-7-10-21(11-8-13)29(26,27)16-5-3-15(4-6-16)18(24)28-14(2)17(23)22-12-9-20-19(22)25/h3-6,13-14H,7-12H2,1-2H3,(H,20,25). The lowest BCUT2D eigenvalue weighted by Gasteiger charge is -2.29. The first-order valence-corrected chi connectivity index (χ1v) is 11.0. The van der Waals surface area contributed by atoms with E-state index in [4.69, 9.17) is 4.74 Å². The first kappa shape index (κ1) is 21.3. The van der Waals surface area contributed by atoms with E-state index in [1.54, 1.807) is 0 Å². The second-order valence-electron chi connectivity index (χ2n) is 7.38. The van der Waals surface area contributed by atoms with Crippen LogP contribution in [0.15, 0.2) is 29.2 Å². The van der Waals surface area contributed by atoms with Crippen LogP contribution in [0.4, 0.5) is 4.79 Å². The molecule has 1 N–H and O–H groups in total. The Hall–Kier alpha value is -2.46. The average molecular weight is 423 g/mol. The summed E-state index contributed by atoms with van der Waals surface area (Å²) in [6.45, 7) is 5.04. The van der Waals surface area contributed by atoms with Gasteiger partial charge in [-0.15, -0.1) is 0 Å². The molecule has 0 spiro atoms. The van der Waals surface area contributed by atoms with Gasteiger partial charge in [-0.2, -0.15) is 4.31 Å². The van der Waals surface area contributed by atoms with Crippen LogP contribution in [0.25, 0.3) is 0 Å². The maximum Gasteiger partial charge on any atom is 0.338 e. The zero-order valence-corrected chi connectivity index (χ0v) is 17.3. The molecule has 2 heterocycles. The quantitative estimate of drug-likeness (QED) is 0.712. The molecule has 2 aliphatic rings. The molecule has 2 fully saturated rings. The molecular formula is C19H25N3O6S. The van der Waals surface area contributed by atoms with Crippen LogP contribution in [0.5, 0.6) is 0 Å². The molecule has 2 aliphatic heterocycles. The molecular weight excluding hydrogens is 398 g/mol. The van der Waals surface area contributed by atoms with Crippen molar-refractivity contribution in [3.8, 4) is 0 Å². The van der Waals surface area contributed by atoms with Gasteiger partial charge in [-0.1, -0.05) is 6.92 Å². The molecule has 0 aromatic heterocycles. The zero-order valence-electron chi connectivity index (χ0n) is 16.5. The van der Waals surface area contributed by atoms with Crippen molar-refractivity contribution in [3.05, 3.63) is 29.8 Å². The molecule has 29 heavy (non-hydrogen) atoms. The predicted molar refractivity (Wildman–Crippen MR) is 104 cm³/mol. The van der Waals surface area contributed by atoms with Crippen LogP contribution in [0.2, 0.25) is 0 Å². The van der Waals surface area contributed by atoms with E-state index < -0.39 is 34.0 Å². The fourth-order valence-electron chi connectivity index (χ4n) is 3.32. The van der Waals surface area contributed by atoms with E-state index in [1.165, 1.54) is 35.5 Å². The fourth-order valence-corrected chi connectivity index (χ4v) is 4.79. The van der Waals surface area contributed by atoms with Crippen molar-refractivity contribution in [2.24, 2.45) is 5.92 Å². The molecule has 158 valence electrons. The van der Waals surface area contributed by atoms with Crippen LogP contribution in [0.1, 0.15) is 37.0 Å². The van der Waals surface area contributed by atoms with E-state index in [0.29, 0.717) is 25.6 Å². The number of imide groups is 1. The highest BCUT2D eigenvalue weighted by atomic mass is 32.2. The summed E-state index contributed by atoms with van der Waals surface area (Å²) in [6, 6.07) is 4.94. The van der Waals surface area contributed by atoms with Gasteiger partial charge in [-0.05, 0) is 49.9 Å². The third-order valence-electron chi connectivity index (χ3n) is 5.22. The Balaban J connectivity index is 1.64. The minimum atomic E-state index is -3.61. The molecule has 0 saturated carbocycles. The van der Waals surface area contributed by atoms with E-state index in [-0.39, 0.29) is 17.0 Å². The van der Waals surface area contributed by atoms with Gasteiger partial charge in [0.25, 0.3) is 5.91 Å². The van der Waals surface area contributed by atoms with Crippen LogP contribution in [-0.4, -0.2) is 67.8 Å². The normalized spacial score (nSPS) is 19.7. The fraction of sp³-hybridized carbons (Fsp3) is 0.526. The Morgan fingerprint density at radius 1 is 1.14 bits per heavy atom. The van der Waals surface area contributed by atoms with Gasteiger partial charge < -0.3 is 10.1 Å². The number of carbonyl (C=O) groups is 3. The Labute approximate surface area is 170 Å². The number of benzene rings is 1. The van der Waals surface area contributed by atoms with Crippen LogP contribution in [-0.2, 0) is 19.6 Å². The summed E-state index contributed by atoms with van der Waals surface area (Å²) in [5, 5.41) is 2.50. The summed E-state index contributed by atoms with van der Waals surface area (Å²) >= 11 is 0. The number of carbonyl (C=O) groups excluding carboxylic acids is 3. The number of ether oxygens (including phenoxy) is 1. The van der Waals surface area contributed by atoms with Crippen LogP contribution < -0.4 is 5.32 Å². The number of nitrogens with zero attached hydrogens (tertiary/aromatic N) is 2. The second kappa shape index (κ2) is 8.50. The molecule has 2 saturated heterocycles. The summed E-state index contributed by atoms with van der Waals surface area (Å²) in [6.07, 6.45) is 0.514. The number of esters is 1. The molecule has 1 aromatic carbocycles. The number of urea groups is 1. The van der Waals surface area contributed by atoms with Gasteiger partial charge >= 0.3 is 12.0 Å². The van der Waals surface area contributed by atoms with Gasteiger partial charge in [0.2, 0.25) is 10.0 Å². The molecule has 3 rings (SSSR count). The minimum Gasteiger partial charge on any atom is -0.449 e. The third kappa shape index (κ3) is 4.59. The Morgan fingerprint density at radius 2 is 1.76 bits per heavy atom. The van der Waals surface area contributed by atoms with Crippen molar-refractivity contribution in [3.63, 3.8) is 0 Å². The lowest BCUT2D eigenvalue weighted by atomic mass is 10.0. The van der Waals surface area contributed by atoms with Crippen LogP contribution in [0, 0.1) is 5.92 Å². The van der Waals surface area contributed by atoms with Gasteiger partial charge in [0.1, 0.15) is 0 Å². The van der Waals surface area contributed by atoms with Crippen molar-refractivity contribution in [2.75, 3.05) is 26.2 Å². The van der Waals surface area contributed by atoms with E-state index in [1.807, 2.05) is 0 Å². The molecule has 0 aliphatic carbocycles. The molecule has 0 radical (unpaired) electrons.